The van der Waals surface area contributed by atoms with Gasteiger partial charge in [-0.15, -0.1) is 0 Å². The molecular formula is C40H32F4N4O2. The number of halogens is 4. The van der Waals surface area contributed by atoms with Crippen LogP contribution in [0.1, 0.15) is 26.3 Å². The van der Waals surface area contributed by atoms with Gasteiger partial charge in [-0.25, -0.2) is 37.5 Å². The number of rotatable bonds is 10. The summed E-state index contributed by atoms with van der Waals surface area (Å²) < 4.78 is 76.7. The van der Waals surface area contributed by atoms with Crippen LogP contribution in [0.15, 0.2) is 151 Å². The molecule has 8 bridgehead atoms. The first-order valence-corrected chi connectivity index (χ1v) is 16.2. The first-order chi connectivity index (χ1) is 24.6. The molecule has 0 saturated heterocycles. The van der Waals surface area contributed by atoms with Crippen molar-refractivity contribution in [1.29, 1.82) is 0 Å². The van der Waals surface area contributed by atoms with Gasteiger partial charge in [-0.1, -0.05) is 12.1 Å². The second-order valence-corrected chi connectivity index (χ2v) is 12.1. The third kappa shape index (κ3) is 7.61. The highest BCUT2D eigenvalue weighted by atomic mass is 19.1. The van der Waals surface area contributed by atoms with Gasteiger partial charge in [0.05, 0.1) is 72.4 Å². The first kappa shape index (κ1) is 31.9. The molecule has 0 aliphatic carbocycles. The highest BCUT2D eigenvalue weighted by molar-refractivity contribution is 6.15. The predicted octanol–water partition coefficient (Wildman–Crippen LogP) is 8.17. The zero-order valence-corrected chi connectivity index (χ0v) is 27.3. The average molecular weight is 678 g/mol. The zero-order valence-electron chi connectivity index (χ0n) is 28.3. The summed E-state index contributed by atoms with van der Waals surface area (Å²) in [5.74, 6) is -2.55. The van der Waals surface area contributed by atoms with Crippen molar-refractivity contribution in [2.45, 2.75) is 38.9 Å². The number of benzene rings is 2. The number of hydrogen-bond acceptors (Lipinski definition) is 6. The highest BCUT2D eigenvalue weighted by Crippen LogP contribution is 2.31. The van der Waals surface area contributed by atoms with Crippen LogP contribution in [0.3, 0.4) is 0 Å². The minimum atomic E-state index is -0.649. The molecule has 2 unspecified atom stereocenters. The van der Waals surface area contributed by atoms with Gasteiger partial charge >= 0.3 is 0 Å². The quantitative estimate of drug-likeness (QED) is 0.238. The summed E-state index contributed by atoms with van der Waals surface area (Å²) in [6.45, 7) is 3.98. The van der Waals surface area contributed by atoms with Gasteiger partial charge in [0.25, 0.3) is 0 Å². The van der Waals surface area contributed by atoms with Crippen LogP contribution in [0.2, 0.25) is 0 Å². The van der Waals surface area contributed by atoms with E-state index in [1.54, 1.807) is 19.1 Å². The Balaban J connectivity index is 1.19. The van der Waals surface area contributed by atoms with Crippen molar-refractivity contribution in [2.75, 3.05) is 13.2 Å². The lowest BCUT2D eigenvalue weighted by Gasteiger charge is -2.15. The molecule has 0 saturated carbocycles. The van der Waals surface area contributed by atoms with Crippen LogP contribution >= 0.6 is 0 Å². The topological polar surface area (TPSA) is 67.9 Å². The van der Waals surface area contributed by atoms with Gasteiger partial charge < -0.3 is 9.47 Å². The summed E-state index contributed by atoms with van der Waals surface area (Å²) in [4.78, 5) is 19.1. The van der Waals surface area contributed by atoms with Crippen LogP contribution in [0.25, 0.3) is 0 Å². The summed E-state index contributed by atoms with van der Waals surface area (Å²) in [6.07, 6.45) is 16.0. The van der Waals surface area contributed by atoms with Gasteiger partial charge in [0.15, 0.2) is 0 Å². The standard InChI is InChI=1S/C40H32F4N4O2/c1-23(49-13-11-25-3-5-27(41)15-37(25)43)35-19-33-18-31-8-7-29(45-31)17-30-9-10-32(46-30)21-39-36(20-34(48-39)22-40(35)47-33)24(2)50-14-12-26-4-6-28(42)16-38(26)44/h3-10,15-24H,11-14H2,1-2H3/i19D. The Hall–Kier alpha value is -5.32. The van der Waals surface area contributed by atoms with E-state index in [0.29, 0.717) is 62.3 Å². The molecule has 0 radical (unpaired) electrons. The van der Waals surface area contributed by atoms with Crippen LogP contribution in [0.4, 0.5) is 17.6 Å². The van der Waals surface area contributed by atoms with Gasteiger partial charge in [0, 0.05) is 23.3 Å². The van der Waals surface area contributed by atoms with Gasteiger partial charge in [-0.05, 0) is 111 Å². The number of fused-ring (bicyclic) bond motifs is 4. The molecule has 5 aliphatic rings. The van der Waals surface area contributed by atoms with E-state index in [4.69, 9.17) is 25.8 Å². The Morgan fingerprint density at radius 2 is 1.08 bits per heavy atom. The van der Waals surface area contributed by atoms with Crippen molar-refractivity contribution >= 4 is 22.8 Å². The third-order valence-electron chi connectivity index (χ3n) is 8.50. The predicted molar refractivity (Wildman–Crippen MR) is 187 cm³/mol. The zero-order chi connectivity index (χ0) is 35.6. The molecule has 5 aliphatic heterocycles. The van der Waals surface area contributed by atoms with Crippen LogP contribution in [-0.2, 0) is 22.3 Å². The number of hydrogen-bond donors (Lipinski definition) is 0. The van der Waals surface area contributed by atoms with E-state index in [-0.39, 0.29) is 32.1 Å². The maximum Gasteiger partial charge on any atom is 0.129 e. The molecule has 0 aromatic heterocycles. The van der Waals surface area contributed by atoms with Crippen molar-refractivity contribution in [3.63, 3.8) is 0 Å². The summed E-state index contributed by atoms with van der Waals surface area (Å²) in [7, 11) is 0. The summed E-state index contributed by atoms with van der Waals surface area (Å²) in [5, 5.41) is 0. The lowest BCUT2D eigenvalue weighted by atomic mass is 10.0. The SMILES string of the molecule is [2H]C1=C(C(C)OCCc2ccc(F)cc2F)C2=CC3=NC(=CC4=NC(=CC5=NC(=CC1=N2)C=C5)C=C4)C(C(C)OCCc1ccc(F)cc1F)=C3. The van der Waals surface area contributed by atoms with Gasteiger partial charge in [-0.2, -0.15) is 0 Å². The molecule has 5 heterocycles. The Bertz CT molecular complexity index is 2200. The fourth-order valence-corrected chi connectivity index (χ4v) is 5.89. The summed E-state index contributed by atoms with van der Waals surface area (Å²) in [6, 6.07) is 7.09. The van der Waals surface area contributed by atoms with Crippen LogP contribution < -0.4 is 0 Å². The normalized spacial score (nSPS) is 19.2. The van der Waals surface area contributed by atoms with Crippen molar-refractivity contribution < 1.29 is 28.4 Å². The minimum absolute atomic E-state index is 0.124. The van der Waals surface area contributed by atoms with Crippen molar-refractivity contribution in [1.82, 2.24) is 0 Å². The Morgan fingerprint density at radius 1 is 0.580 bits per heavy atom. The molecule has 7 rings (SSSR count). The Labute approximate surface area is 288 Å². The van der Waals surface area contributed by atoms with E-state index < -0.39 is 35.5 Å². The molecule has 2 aromatic carbocycles. The lowest BCUT2D eigenvalue weighted by molar-refractivity contribution is 0.0933. The molecule has 0 N–H and O–H groups in total. The molecule has 0 fully saturated rings. The van der Waals surface area contributed by atoms with Gasteiger partial charge in [0.1, 0.15) is 23.3 Å². The fourth-order valence-electron chi connectivity index (χ4n) is 5.89. The monoisotopic (exact) mass is 677 g/mol. The molecule has 252 valence electrons. The number of nitrogens with zero attached hydrogens (tertiary/aromatic N) is 4. The molecule has 6 nitrogen and oxygen atoms in total. The number of allylic oxidation sites excluding steroid dienone is 10. The lowest BCUT2D eigenvalue weighted by Crippen LogP contribution is -2.15. The van der Waals surface area contributed by atoms with E-state index in [0.717, 1.165) is 17.7 Å². The van der Waals surface area contributed by atoms with Crippen LogP contribution in [0, 0.1) is 23.3 Å². The number of ether oxygens (including phenoxy) is 2. The van der Waals surface area contributed by atoms with Crippen LogP contribution in [0.5, 0.6) is 0 Å². The molecule has 50 heavy (non-hydrogen) atoms. The van der Waals surface area contributed by atoms with E-state index in [9.17, 15) is 17.6 Å². The molecule has 2 aromatic rings. The van der Waals surface area contributed by atoms with Gasteiger partial charge in [0.2, 0.25) is 0 Å². The molecular weight excluding hydrogens is 644 g/mol. The molecule has 0 spiro atoms. The minimum Gasteiger partial charge on any atom is -0.373 e. The average Bonchev–Trinajstić information content (AvgIpc) is 3.87. The van der Waals surface area contributed by atoms with E-state index in [1.165, 1.54) is 24.3 Å². The third-order valence-corrected chi connectivity index (χ3v) is 8.50. The second-order valence-electron chi connectivity index (χ2n) is 12.1. The molecule has 2 atom stereocenters. The van der Waals surface area contributed by atoms with E-state index >= 15 is 0 Å². The van der Waals surface area contributed by atoms with Crippen molar-refractivity contribution in [3.05, 3.63) is 165 Å². The molecule has 10 heteroatoms. The smallest absolute Gasteiger partial charge is 0.129 e. The largest absolute Gasteiger partial charge is 0.373 e. The van der Waals surface area contributed by atoms with Crippen molar-refractivity contribution in [3.8, 4) is 0 Å². The van der Waals surface area contributed by atoms with E-state index in [1.807, 2.05) is 49.5 Å². The first-order valence-electron chi connectivity index (χ1n) is 16.7. The maximum atomic E-state index is 14.3. The van der Waals surface area contributed by atoms with Crippen LogP contribution in [-0.4, -0.2) is 48.3 Å². The Kier molecular flexibility index (Phi) is 9.11. The molecule has 0 amide bonds. The number of aliphatic imine (C=N–C) groups is 4. The highest BCUT2D eigenvalue weighted by Gasteiger charge is 2.25. The fraction of sp³-hybridized carbons (Fsp3) is 0.200. The summed E-state index contributed by atoms with van der Waals surface area (Å²) >= 11 is 0. The summed E-state index contributed by atoms with van der Waals surface area (Å²) in [5.41, 5.74) is 6.71. The van der Waals surface area contributed by atoms with E-state index in [2.05, 4.69) is 4.99 Å². The van der Waals surface area contributed by atoms with Crippen molar-refractivity contribution in [2.24, 2.45) is 20.0 Å². The second kappa shape index (κ2) is 14.3. The van der Waals surface area contributed by atoms with Gasteiger partial charge in [-0.3, -0.25) is 0 Å². The maximum absolute atomic E-state index is 14.3. The Morgan fingerprint density at radius 3 is 1.68 bits per heavy atom.